The molecule has 0 unspecified atom stereocenters. The molecule has 0 amide bonds. The van der Waals surface area contributed by atoms with Gasteiger partial charge in [-0.15, -0.1) is 0 Å². The smallest absolute Gasteiger partial charge is 0.132 e. The summed E-state index contributed by atoms with van der Waals surface area (Å²) in [5.41, 5.74) is 1.13. The van der Waals surface area contributed by atoms with Gasteiger partial charge in [0.25, 0.3) is 0 Å². The first-order valence-corrected chi connectivity index (χ1v) is 6.37. The molecule has 2 rings (SSSR count). The van der Waals surface area contributed by atoms with Crippen LogP contribution in [0.15, 0.2) is 30.6 Å². The fourth-order valence-electron chi connectivity index (χ4n) is 1.69. The SMILES string of the molecule is Cc1nc(NCCC#N)cc(NCc2ccncc2)n1. The molecular weight excluding hydrogens is 252 g/mol. The third-order valence-corrected chi connectivity index (χ3v) is 2.60. The summed E-state index contributed by atoms with van der Waals surface area (Å²) in [6.45, 7) is 3.10. The molecule has 0 aromatic carbocycles. The van der Waals surface area contributed by atoms with Crippen LogP contribution in [-0.4, -0.2) is 21.5 Å². The molecule has 0 atom stereocenters. The van der Waals surface area contributed by atoms with Crippen LogP contribution in [0.25, 0.3) is 0 Å². The summed E-state index contributed by atoms with van der Waals surface area (Å²) in [5.74, 6) is 2.17. The third kappa shape index (κ3) is 4.21. The van der Waals surface area contributed by atoms with E-state index in [9.17, 15) is 0 Å². The topological polar surface area (TPSA) is 86.5 Å². The van der Waals surface area contributed by atoms with Crippen molar-refractivity contribution in [1.29, 1.82) is 5.26 Å². The number of aryl methyl sites for hydroxylation is 1. The molecule has 2 heterocycles. The Kier molecular flexibility index (Phi) is 4.84. The zero-order valence-electron chi connectivity index (χ0n) is 11.3. The second-order valence-electron chi connectivity index (χ2n) is 4.23. The minimum atomic E-state index is 0.447. The predicted octanol–water partition coefficient (Wildman–Crippen LogP) is 2.12. The Labute approximate surface area is 117 Å². The van der Waals surface area contributed by atoms with Crippen LogP contribution in [0.4, 0.5) is 11.6 Å². The standard InChI is InChI=1S/C14H16N6/c1-11-19-13(17-6-2-5-15)9-14(20-11)18-10-12-3-7-16-8-4-12/h3-4,7-9H,2,6,10H2,1H3,(H2,17,18,19,20). The molecule has 0 saturated heterocycles. The molecule has 0 aliphatic rings. The highest BCUT2D eigenvalue weighted by atomic mass is 15.1. The molecule has 2 aromatic heterocycles. The van der Waals surface area contributed by atoms with Crippen molar-refractivity contribution < 1.29 is 0 Å². The highest BCUT2D eigenvalue weighted by Gasteiger charge is 2.01. The Morgan fingerprint density at radius 2 is 1.85 bits per heavy atom. The van der Waals surface area contributed by atoms with Crippen molar-refractivity contribution in [2.24, 2.45) is 0 Å². The Morgan fingerprint density at radius 3 is 2.55 bits per heavy atom. The van der Waals surface area contributed by atoms with Crippen LogP contribution in [0.1, 0.15) is 17.8 Å². The summed E-state index contributed by atoms with van der Waals surface area (Å²) in [7, 11) is 0. The third-order valence-electron chi connectivity index (χ3n) is 2.60. The van der Waals surface area contributed by atoms with Gasteiger partial charge in [-0.1, -0.05) is 0 Å². The number of nitrogens with zero attached hydrogens (tertiary/aromatic N) is 4. The molecule has 0 radical (unpaired) electrons. The number of aromatic nitrogens is 3. The van der Waals surface area contributed by atoms with E-state index in [0.29, 0.717) is 25.3 Å². The van der Waals surface area contributed by atoms with Gasteiger partial charge >= 0.3 is 0 Å². The fraction of sp³-hybridized carbons (Fsp3) is 0.286. The number of rotatable bonds is 6. The molecule has 2 aromatic rings. The van der Waals surface area contributed by atoms with Gasteiger partial charge in [-0.05, 0) is 24.6 Å². The molecule has 0 aliphatic heterocycles. The number of nitriles is 1. The summed E-state index contributed by atoms with van der Waals surface area (Å²) < 4.78 is 0. The normalized spacial score (nSPS) is 9.80. The lowest BCUT2D eigenvalue weighted by atomic mass is 10.3. The highest BCUT2D eigenvalue weighted by molar-refractivity contribution is 5.47. The predicted molar refractivity (Wildman–Crippen MR) is 77.1 cm³/mol. The van der Waals surface area contributed by atoms with Gasteiger partial charge in [-0.25, -0.2) is 9.97 Å². The molecule has 20 heavy (non-hydrogen) atoms. The van der Waals surface area contributed by atoms with Crippen molar-refractivity contribution in [3.63, 3.8) is 0 Å². The largest absolute Gasteiger partial charge is 0.369 e. The maximum atomic E-state index is 8.52. The Morgan fingerprint density at radius 1 is 1.15 bits per heavy atom. The number of anilines is 2. The summed E-state index contributed by atoms with van der Waals surface area (Å²) in [6, 6.07) is 7.83. The quantitative estimate of drug-likeness (QED) is 0.780. The van der Waals surface area contributed by atoms with Crippen LogP contribution in [-0.2, 0) is 6.54 Å². The average Bonchev–Trinajstić information content (AvgIpc) is 2.46. The van der Waals surface area contributed by atoms with Crippen LogP contribution in [0.3, 0.4) is 0 Å². The summed E-state index contributed by atoms with van der Waals surface area (Å²) >= 11 is 0. The molecule has 0 saturated carbocycles. The fourth-order valence-corrected chi connectivity index (χ4v) is 1.69. The first kappa shape index (κ1) is 13.7. The van der Waals surface area contributed by atoms with E-state index in [-0.39, 0.29) is 0 Å². The first-order valence-electron chi connectivity index (χ1n) is 6.37. The molecule has 102 valence electrons. The lowest BCUT2D eigenvalue weighted by Gasteiger charge is -2.09. The van der Waals surface area contributed by atoms with Gasteiger partial charge in [0.15, 0.2) is 0 Å². The van der Waals surface area contributed by atoms with E-state index in [0.717, 1.165) is 17.2 Å². The molecular formula is C14H16N6. The Balaban J connectivity index is 1.99. The van der Waals surface area contributed by atoms with Crippen LogP contribution in [0.5, 0.6) is 0 Å². The number of nitrogens with one attached hydrogen (secondary N) is 2. The van der Waals surface area contributed by atoms with Crippen LogP contribution in [0.2, 0.25) is 0 Å². The Bertz CT molecular complexity index is 590. The van der Waals surface area contributed by atoms with Crippen molar-refractivity contribution in [3.8, 4) is 6.07 Å². The second-order valence-corrected chi connectivity index (χ2v) is 4.23. The van der Waals surface area contributed by atoms with Crippen LogP contribution < -0.4 is 10.6 Å². The molecule has 0 aliphatic carbocycles. The molecule has 2 N–H and O–H groups in total. The lowest BCUT2D eigenvalue weighted by Crippen LogP contribution is -2.07. The Hall–Kier alpha value is -2.68. The van der Waals surface area contributed by atoms with Gasteiger partial charge in [-0.3, -0.25) is 4.98 Å². The van der Waals surface area contributed by atoms with E-state index >= 15 is 0 Å². The van der Waals surface area contributed by atoms with Crippen LogP contribution >= 0.6 is 0 Å². The molecule has 0 fully saturated rings. The van der Waals surface area contributed by atoms with E-state index in [1.54, 1.807) is 12.4 Å². The molecule has 0 spiro atoms. The average molecular weight is 268 g/mol. The lowest BCUT2D eigenvalue weighted by molar-refractivity contribution is 0.993. The van der Waals surface area contributed by atoms with Crippen LogP contribution in [0, 0.1) is 18.3 Å². The van der Waals surface area contributed by atoms with E-state index in [1.165, 1.54) is 0 Å². The number of hydrogen-bond donors (Lipinski definition) is 2. The molecule has 6 nitrogen and oxygen atoms in total. The molecule has 6 heteroatoms. The second kappa shape index (κ2) is 7.04. The minimum absolute atomic E-state index is 0.447. The minimum Gasteiger partial charge on any atom is -0.369 e. The van der Waals surface area contributed by atoms with Gasteiger partial charge in [0.1, 0.15) is 17.5 Å². The monoisotopic (exact) mass is 268 g/mol. The van der Waals surface area contributed by atoms with Crippen molar-refractivity contribution in [2.75, 3.05) is 17.2 Å². The van der Waals surface area contributed by atoms with Crippen molar-refractivity contribution >= 4 is 11.6 Å². The highest BCUT2D eigenvalue weighted by Crippen LogP contribution is 2.12. The van der Waals surface area contributed by atoms with Crippen molar-refractivity contribution in [3.05, 3.63) is 42.0 Å². The summed E-state index contributed by atoms with van der Waals surface area (Å²) in [4.78, 5) is 12.6. The summed E-state index contributed by atoms with van der Waals surface area (Å²) in [6.07, 6.45) is 3.97. The van der Waals surface area contributed by atoms with E-state index < -0.39 is 0 Å². The van der Waals surface area contributed by atoms with Gasteiger partial charge in [-0.2, -0.15) is 5.26 Å². The summed E-state index contributed by atoms with van der Waals surface area (Å²) in [5, 5.41) is 14.9. The van der Waals surface area contributed by atoms with E-state index in [2.05, 4.69) is 31.7 Å². The zero-order valence-corrected chi connectivity index (χ0v) is 11.3. The maximum Gasteiger partial charge on any atom is 0.132 e. The van der Waals surface area contributed by atoms with Gasteiger partial charge in [0, 0.05) is 31.5 Å². The van der Waals surface area contributed by atoms with Crippen molar-refractivity contribution in [1.82, 2.24) is 15.0 Å². The number of hydrogen-bond acceptors (Lipinski definition) is 6. The van der Waals surface area contributed by atoms with E-state index in [4.69, 9.17) is 5.26 Å². The van der Waals surface area contributed by atoms with Gasteiger partial charge in [0.2, 0.25) is 0 Å². The zero-order chi connectivity index (χ0) is 14.2. The maximum absolute atomic E-state index is 8.52. The molecule has 0 bridgehead atoms. The van der Waals surface area contributed by atoms with Crippen molar-refractivity contribution in [2.45, 2.75) is 19.9 Å². The van der Waals surface area contributed by atoms with Gasteiger partial charge in [0.05, 0.1) is 12.5 Å². The number of pyridine rings is 1. The first-order chi connectivity index (χ1) is 9.78. The van der Waals surface area contributed by atoms with Gasteiger partial charge < -0.3 is 10.6 Å². The van der Waals surface area contributed by atoms with E-state index in [1.807, 2.05) is 25.1 Å².